The second-order valence-electron chi connectivity index (χ2n) is 10.4. The number of carbonyl (C=O) groups is 1. The summed E-state index contributed by atoms with van der Waals surface area (Å²) in [6, 6.07) is 5.89. The largest absolute Gasteiger partial charge is 0.504 e. The first-order chi connectivity index (χ1) is 19.3. The van der Waals surface area contributed by atoms with Gasteiger partial charge >= 0.3 is 5.97 Å². The number of carbonyl (C=O) groups excluding carboxylic acids is 1. The van der Waals surface area contributed by atoms with E-state index in [1.165, 1.54) is 7.11 Å². The van der Waals surface area contributed by atoms with Crippen molar-refractivity contribution in [3.8, 4) is 28.7 Å². The summed E-state index contributed by atoms with van der Waals surface area (Å²) in [4.78, 5) is 17.6. The first-order valence-electron chi connectivity index (χ1n) is 13.1. The minimum Gasteiger partial charge on any atom is -0.504 e. The van der Waals surface area contributed by atoms with Gasteiger partial charge in [0.05, 0.1) is 19.3 Å². The molecule has 5 atom stereocenters. The van der Waals surface area contributed by atoms with Crippen molar-refractivity contribution in [2.24, 2.45) is 0 Å². The lowest BCUT2D eigenvalue weighted by molar-refractivity contribution is -0.235. The summed E-state index contributed by atoms with van der Waals surface area (Å²) in [7, 11) is 1.27. The number of nitrogens with zero attached hydrogens (tertiary/aromatic N) is 2. The standard InChI is InChI=1S/C27H32N2O11/c1-36-25-20(31)14(10-29-6-4-28(5-7-29)9-13-2-3-15-16(8-13)38-12-37-15)18-19(22(25)33)24-26(40-27(18)35)23(34)21(32)17(11-30)39-24/h2-3,8,17,21,23-24,26,30-34H,4-7,9-12H2,1H3/t17-,21-,23+,24?,26?/m1/s1. The van der Waals surface area contributed by atoms with Gasteiger partial charge in [-0.1, -0.05) is 6.07 Å². The smallest absolute Gasteiger partial charge is 0.339 e. The lowest BCUT2D eigenvalue weighted by Crippen LogP contribution is -2.58. The first-order valence-corrected chi connectivity index (χ1v) is 13.1. The third-order valence-electron chi connectivity index (χ3n) is 8.04. The number of hydrogen-bond donors (Lipinski definition) is 5. The van der Waals surface area contributed by atoms with Crippen LogP contribution < -0.4 is 14.2 Å². The monoisotopic (exact) mass is 560 g/mol. The number of aliphatic hydroxyl groups excluding tert-OH is 3. The van der Waals surface area contributed by atoms with Crippen molar-refractivity contribution in [1.82, 2.24) is 9.80 Å². The molecule has 2 saturated heterocycles. The van der Waals surface area contributed by atoms with Crippen LogP contribution in [0, 0.1) is 0 Å². The molecule has 13 nitrogen and oxygen atoms in total. The van der Waals surface area contributed by atoms with E-state index in [0.717, 1.165) is 36.7 Å². The fourth-order valence-corrected chi connectivity index (χ4v) is 5.89. The van der Waals surface area contributed by atoms with Crippen molar-refractivity contribution in [3.05, 3.63) is 40.5 Å². The zero-order valence-electron chi connectivity index (χ0n) is 21.9. The van der Waals surface area contributed by atoms with E-state index in [2.05, 4.69) is 9.80 Å². The first kappa shape index (κ1) is 26.9. The summed E-state index contributed by atoms with van der Waals surface area (Å²) in [6.45, 7) is 3.23. The second-order valence-corrected chi connectivity index (χ2v) is 10.4. The summed E-state index contributed by atoms with van der Waals surface area (Å²) in [6.07, 6.45) is -6.77. The van der Waals surface area contributed by atoms with E-state index >= 15 is 0 Å². The Kier molecular flexibility index (Phi) is 7.10. The third-order valence-corrected chi connectivity index (χ3v) is 8.04. The molecule has 4 aliphatic heterocycles. The predicted molar refractivity (Wildman–Crippen MR) is 135 cm³/mol. The third kappa shape index (κ3) is 4.48. The van der Waals surface area contributed by atoms with Crippen LogP contribution in [-0.4, -0.2) is 112 Å². The molecule has 2 fully saturated rings. The van der Waals surface area contributed by atoms with Gasteiger partial charge < -0.3 is 49.2 Å². The number of phenols is 2. The molecule has 5 N–H and O–H groups in total. The average Bonchev–Trinajstić information content (AvgIpc) is 3.42. The molecule has 0 amide bonds. The van der Waals surface area contributed by atoms with E-state index in [0.29, 0.717) is 13.1 Å². The number of aliphatic hydroxyl groups is 3. The molecule has 0 aliphatic carbocycles. The predicted octanol–water partition coefficient (Wildman–Crippen LogP) is -0.154. The molecule has 4 heterocycles. The van der Waals surface area contributed by atoms with Crippen LogP contribution in [0.5, 0.6) is 28.7 Å². The Morgan fingerprint density at radius 1 is 0.975 bits per heavy atom. The Hall–Kier alpha value is -3.33. The Labute approximate surface area is 229 Å². The van der Waals surface area contributed by atoms with Gasteiger partial charge in [-0.25, -0.2) is 4.79 Å². The van der Waals surface area contributed by atoms with Crippen molar-refractivity contribution < 1.29 is 54.0 Å². The molecule has 0 saturated carbocycles. The van der Waals surface area contributed by atoms with Gasteiger partial charge in [-0.3, -0.25) is 9.80 Å². The molecule has 40 heavy (non-hydrogen) atoms. The molecule has 0 bridgehead atoms. The molecule has 0 radical (unpaired) electrons. The zero-order chi connectivity index (χ0) is 28.1. The fraction of sp³-hybridized carbons (Fsp3) is 0.519. The lowest BCUT2D eigenvalue weighted by atomic mass is 9.84. The highest BCUT2D eigenvalue weighted by Gasteiger charge is 2.53. The van der Waals surface area contributed by atoms with E-state index in [1.807, 2.05) is 18.2 Å². The number of aromatic hydroxyl groups is 2. The van der Waals surface area contributed by atoms with Crippen LogP contribution in [0.15, 0.2) is 18.2 Å². The number of hydrogen-bond acceptors (Lipinski definition) is 13. The van der Waals surface area contributed by atoms with Crippen molar-refractivity contribution in [3.63, 3.8) is 0 Å². The maximum atomic E-state index is 13.2. The van der Waals surface area contributed by atoms with E-state index in [-0.39, 0.29) is 35.8 Å². The van der Waals surface area contributed by atoms with E-state index in [4.69, 9.17) is 23.7 Å². The number of benzene rings is 2. The molecule has 0 spiro atoms. The lowest BCUT2D eigenvalue weighted by Gasteiger charge is -2.45. The Bertz CT molecular complexity index is 1300. The van der Waals surface area contributed by atoms with Crippen molar-refractivity contribution in [1.29, 1.82) is 0 Å². The SMILES string of the molecule is COc1c(O)c(CN2CCN(Cc3ccc4c(c3)OCO4)CC2)c2c(c1O)C1O[C@H](CO)[C@@H](O)[C@H](O)C1OC2=O. The maximum Gasteiger partial charge on any atom is 0.339 e. The number of fused-ring (bicyclic) bond motifs is 4. The highest BCUT2D eigenvalue weighted by Crippen LogP contribution is 2.52. The summed E-state index contributed by atoms with van der Waals surface area (Å²) < 4.78 is 27.4. The summed E-state index contributed by atoms with van der Waals surface area (Å²) in [5.41, 5.74) is 1.20. The molecule has 0 aromatic heterocycles. The van der Waals surface area contributed by atoms with Crippen molar-refractivity contribution in [2.45, 2.75) is 43.6 Å². The minimum absolute atomic E-state index is 0.0169. The van der Waals surface area contributed by atoms with Gasteiger partial charge in [0.1, 0.15) is 24.4 Å². The number of esters is 1. The zero-order valence-corrected chi connectivity index (χ0v) is 21.9. The molecule has 216 valence electrons. The van der Waals surface area contributed by atoms with Crippen LogP contribution in [0.4, 0.5) is 0 Å². The number of methoxy groups -OCH3 is 1. The number of piperazine rings is 1. The topological polar surface area (TPSA) is 171 Å². The van der Waals surface area contributed by atoms with Gasteiger partial charge in [-0.15, -0.1) is 0 Å². The van der Waals surface area contributed by atoms with Crippen molar-refractivity contribution >= 4 is 5.97 Å². The van der Waals surface area contributed by atoms with Crippen molar-refractivity contribution in [2.75, 3.05) is 46.7 Å². The summed E-state index contributed by atoms with van der Waals surface area (Å²) in [5, 5.41) is 52.6. The normalized spacial score (nSPS) is 28.1. The van der Waals surface area contributed by atoms with Gasteiger partial charge in [0, 0.05) is 50.4 Å². The van der Waals surface area contributed by atoms with E-state index < -0.39 is 54.6 Å². The molecular weight excluding hydrogens is 528 g/mol. The van der Waals surface area contributed by atoms with Gasteiger partial charge in [0.15, 0.2) is 29.1 Å². The number of phenolic OH excluding ortho intramolecular Hbond substituents is 2. The van der Waals surface area contributed by atoms with E-state index in [1.54, 1.807) is 0 Å². The van der Waals surface area contributed by atoms with Crippen LogP contribution in [0.3, 0.4) is 0 Å². The molecule has 2 aromatic rings. The minimum atomic E-state index is -1.56. The molecule has 13 heteroatoms. The van der Waals surface area contributed by atoms with Crippen LogP contribution in [0.1, 0.15) is 33.2 Å². The molecule has 2 unspecified atom stereocenters. The van der Waals surface area contributed by atoms with Gasteiger partial charge in [-0.05, 0) is 17.7 Å². The van der Waals surface area contributed by atoms with E-state index in [9.17, 15) is 30.3 Å². The van der Waals surface area contributed by atoms with Crippen LogP contribution in [0.2, 0.25) is 0 Å². The summed E-state index contributed by atoms with van der Waals surface area (Å²) in [5.74, 6) is -0.568. The highest BCUT2D eigenvalue weighted by atomic mass is 16.7. The molecule has 4 aliphatic rings. The number of rotatable bonds is 6. The van der Waals surface area contributed by atoms with Crippen LogP contribution in [0.25, 0.3) is 0 Å². The van der Waals surface area contributed by atoms with Crippen LogP contribution in [-0.2, 0) is 22.6 Å². The van der Waals surface area contributed by atoms with Gasteiger partial charge in [0.2, 0.25) is 12.5 Å². The highest BCUT2D eigenvalue weighted by molar-refractivity contribution is 5.97. The fourth-order valence-electron chi connectivity index (χ4n) is 5.89. The van der Waals surface area contributed by atoms with Gasteiger partial charge in [0.25, 0.3) is 0 Å². The molecular formula is C27H32N2O11. The average molecular weight is 561 g/mol. The molecule has 6 rings (SSSR count). The quantitative estimate of drug-likeness (QED) is 0.296. The second kappa shape index (κ2) is 10.6. The Morgan fingerprint density at radius 3 is 2.38 bits per heavy atom. The van der Waals surface area contributed by atoms with Crippen LogP contribution >= 0.6 is 0 Å². The van der Waals surface area contributed by atoms with Gasteiger partial charge in [-0.2, -0.15) is 0 Å². The number of ether oxygens (including phenoxy) is 5. The maximum absolute atomic E-state index is 13.2. The Balaban J connectivity index is 1.23. The summed E-state index contributed by atoms with van der Waals surface area (Å²) >= 11 is 0. The Morgan fingerprint density at radius 2 is 1.68 bits per heavy atom. The molecule has 2 aromatic carbocycles.